The lowest BCUT2D eigenvalue weighted by atomic mass is 10.1. The molecule has 0 saturated carbocycles. The molecule has 1 aromatic heterocycles. The van der Waals surface area contributed by atoms with Gasteiger partial charge in [-0.2, -0.15) is 0 Å². The van der Waals surface area contributed by atoms with Crippen molar-refractivity contribution in [2.45, 2.75) is 19.8 Å². The summed E-state index contributed by atoms with van der Waals surface area (Å²) in [4.78, 5) is 4.22. The number of nitrogens with zero attached hydrogens (tertiary/aromatic N) is 1. The summed E-state index contributed by atoms with van der Waals surface area (Å²) in [6.45, 7) is 2.77. The fourth-order valence-electron chi connectivity index (χ4n) is 1.96. The molecule has 0 fully saturated rings. The van der Waals surface area contributed by atoms with E-state index in [4.69, 9.17) is 23.8 Å². The summed E-state index contributed by atoms with van der Waals surface area (Å²) in [7, 11) is 0. The largest absolute Gasteiger partial charge is 0.362 e. The highest BCUT2D eigenvalue weighted by Crippen LogP contribution is 2.15. The van der Waals surface area contributed by atoms with Crippen LogP contribution in [0.2, 0.25) is 5.02 Å². The van der Waals surface area contributed by atoms with Crippen molar-refractivity contribution in [1.29, 1.82) is 0 Å². The van der Waals surface area contributed by atoms with Crippen LogP contribution in [0.4, 0.5) is 5.82 Å². The van der Waals surface area contributed by atoms with Gasteiger partial charge < -0.3 is 10.6 Å². The fraction of sp³-hybridized carbons (Fsp3) is 0.250. The molecular weight excluding hydrogens is 302 g/mol. The summed E-state index contributed by atoms with van der Waals surface area (Å²) in [6, 6.07) is 12.3. The van der Waals surface area contributed by atoms with Crippen molar-refractivity contribution in [3.63, 3.8) is 0 Å². The number of hydrogen-bond acceptors (Lipinski definition) is 2. The zero-order valence-electron chi connectivity index (χ0n) is 11.9. The van der Waals surface area contributed by atoms with Gasteiger partial charge in [0, 0.05) is 12.7 Å². The maximum Gasteiger partial charge on any atom is 0.171 e. The third-order valence-corrected chi connectivity index (χ3v) is 3.50. The monoisotopic (exact) mass is 319 g/mol. The molecule has 0 aliphatic carbocycles. The van der Waals surface area contributed by atoms with Crippen molar-refractivity contribution in [1.82, 2.24) is 10.3 Å². The van der Waals surface area contributed by atoms with Crippen LogP contribution in [0.5, 0.6) is 0 Å². The van der Waals surface area contributed by atoms with Crippen LogP contribution in [0.1, 0.15) is 17.5 Å². The molecule has 2 rings (SSSR count). The van der Waals surface area contributed by atoms with Gasteiger partial charge in [-0.25, -0.2) is 4.98 Å². The molecule has 0 radical (unpaired) electrons. The van der Waals surface area contributed by atoms with Gasteiger partial charge in [0.15, 0.2) is 5.11 Å². The number of rotatable bonds is 5. The van der Waals surface area contributed by atoms with E-state index < -0.39 is 0 Å². The molecule has 1 heterocycles. The molecule has 0 bridgehead atoms. The summed E-state index contributed by atoms with van der Waals surface area (Å²) >= 11 is 11.1. The van der Waals surface area contributed by atoms with Gasteiger partial charge in [-0.15, -0.1) is 0 Å². The van der Waals surface area contributed by atoms with Gasteiger partial charge in [0.2, 0.25) is 0 Å². The number of hydrogen-bond donors (Lipinski definition) is 2. The Morgan fingerprint density at radius 1 is 1.29 bits per heavy atom. The second-order valence-corrected chi connectivity index (χ2v) is 5.63. The molecule has 0 atom stereocenters. The Morgan fingerprint density at radius 3 is 2.76 bits per heavy atom. The number of anilines is 1. The second-order valence-electron chi connectivity index (χ2n) is 4.79. The molecule has 0 saturated heterocycles. The van der Waals surface area contributed by atoms with E-state index in [1.807, 2.05) is 19.1 Å². The zero-order chi connectivity index (χ0) is 15.1. The summed E-state index contributed by atoms with van der Waals surface area (Å²) in [5.74, 6) is 0.736. The van der Waals surface area contributed by atoms with E-state index in [-0.39, 0.29) is 0 Å². The molecular formula is C16H18ClN3S. The molecule has 0 amide bonds. The van der Waals surface area contributed by atoms with E-state index in [0.717, 1.165) is 30.8 Å². The number of nitrogens with one attached hydrogen (secondary N) is 2. The standard InChI is InChI=1S/C16H18ClN3S/c1-12-10-14(17)11-19-15(12)20-16(21)18-9-5-8-13-6-3-2-4-7-13/h2-4,6-7,10-11H,5,8-9H2,1H3,(H2,18,19,20,21). The average molecular weight is 320 g/mol. The summed E-state index contributed by atoms with van der Waals surface area (Å²) < 4.78 is 0. The van der Waals surface area contributed by atoms with E-state index in [9.17, 15) is 0 Å². The van der Waals surface area contributed by atoms with Crippen LogP contribution in [-0.4, -0.2) is 16.6 Å². The smallest absolute Gasteiger partial charge is 0.171 e. The molecule has 3 nitrogen and oxygen atoms in total. The van der Waals surface area contributed by atoms with Gasteiger partial charge >= 0.3 is 0 Å². The zero-order valence-corrected chi connectivity index (χ0v) is 13.5. The van der Waals surface area contributed by atoms with Gasteiger partial charge in [-0.3, -0.25) is 0 Å². The lowest BCUT2D eigenvalue weighted by molar-refractivity contribution is 0.777. The van der Waals surface area contributed by atoms with Crippen molar-refractivity contribution >= 4 is 34.7 Å². The van der Waals surface area contributed by atoms with Crippen molar-refractivity contribution in [2.24, 2.45) is 0 Å². The van der Waals surface area contributed by atoms with Crippen molar-refractivity contribution in [3.8, 4) is 0 Å². The summed E-state index contributed by atoms with van der Waals surface area (Å²) in [6.07, 6.45) is 3.67. The van der Waals surface area contributed by atoms with Gasteiger partial charge in [0.1, 0.15) is 5.82 Å². The average Bonchev–Trinajstić information content (AvgIpc) is 2.48. The van der Waals surface area contributed by atoms with Crippen LogP contribution >= 0.6 is 23.8 Å². The molecule has 110 valence electrons. The first-order valence-corrected chi connectivity index (χ1v) is 7.64. The Kier molecular flexibility index (Phi) is 5.96. The molecule has 0 spiro atoms. The highest BCUT2D eigenvalue weighted by atomic mass is 35.5. The van der Waals surface area contributed by atoms with E-state index in [2.05, 4.69) is 39.9 Å². The van der Waals surface area contributed by atoms with Crippen LogP contribution in [0.15, 0.2) is 42.6 Å². The first-order valence-electron chi connectivity index (χ1n) is 6.86. The Labute approximate surface area is 135 Å². The van der Waals surface area contributed by atoms with Gasteiger partial charge in [-0.05, 0) is 49.2 Å². The quantitative estimate of drug-likeness (QED) is 0.646. The SMILES string of the molecule is Cc1cc(Cl)cnc1NC(=S)NCCCc1ccccc1. The third kappa shape index (κ3) is 5.33. The molecule has 0 aliphatic rings. The minimum atomic E-state index is 0.584. The number of benzene rings is 1. The molecule has 1 aromatic carbocycles. The summed E-state index contributed by atoms with van der Waals surface area (Å²) in [5, 5.41) is 7.49. The number of thiocarbonyl (C=S) groups is 1. The molecule has 2 aromatic rings. The summed E-state index contributed by atoms with van der Waals surface area (Å²) in [5.41, 5.74) is 2.31. The van der Waals surface area contributed by atoms with E-state index in [0.29, 0.717) is 10.1 Å². The first kappa shape index (κ1) is 15.7. The maximum absolute atomic E-state index is 5.88. The first-order chi connectivity index (χ1) is 10.1. The van der Waals surface area contributed by atoms with Gasteiger partial charge in [-0.1, -0.05) is 41.9 Å². The predicted octanol–water partition coefficient (Wildman–Crippen LogP) is 3.96. The Balaban J connectivity index is 1.72. The number of aryl methyl sites for hydroxylation is 2. The third-order valence-electron chi connectivity index (χ3n) is 3.05. The van der Waals surface area contributed by atoms with Crippen molar-refractivity contribution < 1.29 is 0 Å². The fourth-order valence-corrected chi connectivity index (χ4v) is 2.37. The minimum absolute atomic E-state index is 0.584. The highest BCUT2D eigenvalue weighted by molar-refractivity contribution is 7.80. The van der Waals surface area contributed by atoms with Crippen molar-refractivity contribution in [2.75, 3.05) is 11.9 Å². The van der Waals surface area contributed by atoms with E-state index in [1.165, 1.54) is 5.56 Å². The van der Waals surface area contributed by atoms with E-state index in [1.54, 1.807) is 6.20 Å². The Hall–Kier alpha value is -1.65. The number of halogens is 1. The predicted molar refractivity (Wildman–Crippen MR) is 93.0 cm³/mol. The number of pyridine rings is 1. The molecule has 0 aliphatic heterocycles. The van der Waals surface area contributed by atoms with Crippen molar-refractivity contribution in [3.05, 3.63) is 58.7 Å². The normalized spacial score (nSPS) is 10.2. The minimum Gasteiger partial charge on any atom is -0.362 e. The van der Waals surface area contributed by atoms with Crippen LogP contribution in [-0.2, 0) is 6.42 Å². The van der Waals surface area contributed by atoms with E-state index >= 15 is 0 Å². The van der Waals surface area contributed by atoms with Gasteiger partial charge in [0.25, 0.3) is 0 Å². The topological polar surface area (TPSA) is 37.0 Å². The lowest BCUT2D eigenvalue weighted by Crippen LogP contribution is -2.30. The Morgan fingerprint density at radius 2 is 2.05 bits per heavy atom. The molecule has 21 heavy (non-hydrogen) atoms. The number of aromatic nitrogens is 1. The van der Waals surface area contributed by atoms with Crippen LogP contribution < -0.4 is 10.6 Å². The molecule has 5 heteroatoms. The molecule has 0 unspecified atom stereocenters. The maximum atomic E-state index is 5.88. The second kappa shape index (κ2) is 7.96. The Bertz CT molecular complexity index is 602. The van der Waals surface area contributed by atoms with Crippen LogP contribution in [0, 0.1) is 6.92 Å². The molecule has 2 N–H and O–H groups in total. The van der Waals surface area contributed by atoms with Crippen LogP contribution in [0.3, 0.4) is 0 Å². The van der Waals surface area contributed by atoms with Gasteiger partial charge in [0.05, 0.1) is 5.02 Å². The lowest BCUT2D eigenvalue weighted by Gasteiger charge is -2.11. The van der Waals surface area contributed by atoms with Crippen LogP contribution in [0.25, 0.3) is 0 Å². The highest BCUT2D eigenvalue weighted by Gasteiger charge is 2.03.